The van der Waals surface area contributed by atoms with Crippen molar-refractivity contribution < 1.29 is 0 Å². The van der Waals surface area contributed by atoms with Gasteiger partial charge in [-0.3, -0.25) is 0 Å². The molecule has 0 aromatic heterocycles. The van der Waals surface area contributed by atoms with Crippen molar-refractivity contribution >= 4 is 11.6 Å². The Balaban J connectivity index is 2.29. The smallest absolute Gasteiger partial charge is 0.0569 e. The molecule has 0 saturated heterocycles. The standard InChI is InChI=1S/C9H13Cl/c1-9-5-4-7(6-9)2-3-8(9)10/h2-3,7-8H,4-6H2,1H3. The molecule has 0 N–H and O–H groups in total. The highest BCUT2D eigenvalue weighted by atomic mass is 35.5. The zero-order valence-corrected chi connectivity index (χ0v) is 7.06. The fraction of sp³-hybridized carbons (Fsp3) is 0.778. The lowest BCUT2D eigenvalue weighted by atomic mass is 9.81. The van der Waals surface area contributed by atoms with Crippen LogP contribution in [-0.4, -0.2) is 5.38 Å². The molecule has 1 saturated carbocycles. The van der Waals surface area contributed by atoms with Crippen molar-refractivity contribution in [2.24, 2.45) is 11.3 Å². The van der Waals surface area contributed by atoms with Crippen molar-refractivity contribution in [2.75, 3.05) is 0 Å². The Labute approximate surface area is 67.3 Å². The van der Waals surface area contributed by atoms with E-state index >= 15 is 0 Å². The molecule has 1 fully saturated rings. The van der Waals surface area contributed by atoms with Crippen molar-refractivity contribution in [3.63, 3.8) is 0 Å². The Bertz CT molecular complexity index is 174. The van der Waals surface area contributed by atoms with Gasteiger partial charge in [0.1, 0.15) is 0 Å². The van der Waals surface area contributed by atoms with E-state index < -0.39 is 0 Å². The molecule has 2 bridgehead atoms. The molecule has 3 atom stereocenters. The maximum atomic E-state index is 6.16. The third kappa shape index (κ3) is 0.818. The van der Waals surface area contributed by atoms with E-state index in [9.17, 15) is 0 Å². The van der Waals surface area contributed by atoms with Crippen molar-refractivity contribution in [1.82, 2.24) is 0 Å². The second-order valence-corrected chi connectivity index (χ2v) is 4.41. The third-order valence-electron chi connectivity index (χ3n) is 3.03. The van der Waals surface area contributed by atoms with Crippen LogP contribution in [0.1, 0.15) is 26.2 Å². The molecule has 0 nitrogen and oxygen atoms in total. The topological polar surface area (TPSA) is 0 Å². The number of hydrogen-bond acceptors (Lipinski definition) is 0. The van der Waals surface area contributed by atoms with E-state index in [2.05, 4.69) is 19.1 Å². The fourth-order valence-electron chi connectivity index (χ4n) is 2.22. The van der Waals surface area contributed by atoms with Gasteiger partial charge in [-0.15, -0.1) is 11.6 Å². The Morgan fingerprint density at radius 1 is 1.50 bits per heavy atom. The quantitative estimate of drug-likeness (QED) is 0.374. The van der Waals surface area contributed by atoms with E-state index in [0.717, 1.165) is 5.92 Å². The summed E-state index contributed by atoms with van der Waals surface area (Å²) in [7, 11) is 0. The van der Waals surface area contributed by atoms with Gasteiger partial charge < -0.3 is 0 Å². The van der Waals surface area contributed by atoms with E-state index in [0.29, 0.717) is 10.8 Å². The minimum Gasteiger partial charge on any atom is -0.118 e. The number of alkyl halides is 1. The van der Waals surface area contributed by atoms with E-state index in [1.54, 1.807) is 0 Å². The summed E-state index contributed by atoms with van der Waals surface area (Å²) in [5, 5.41) is 0.297. The Morgan fingerprint density at radius 3 is 3.00 bits per heavy atom. The molecule has 56 valence electrons. The predicted molar refractivity (Wildman–Crippen MR) is 44.2 cm³/mol. The first kappa shape index (κ1) is 6.72. The zero-order chi connectivity index (χ0) is 7.19. The molecule has 0 heterocycles. The van der Waals surface area contributed by atoms with Gasteiger partial charge in [-0.1, -0.05) is 19.1 Å². The molecule has 0 aromatic carbocycles. The predicted octanol–water partition coefficient (Wildman–Crippen LogP) is 2.97. The molecule has 0 spiro atoms. The normalized spacial score (nSPS) is 51.8. The molecule has 0 radical (unpaired) electrons. The maximum Gasteiger partial charge on any atom is 0.0569 e. The average Bonchev–Trinajstić information content (AvgIpc) is 2.22. The van der Waals surface area contributed by atoms with Crippen LogP contribution < -0.4 is 0 Å². The molecule has 10 heavy (non-hydrogen) atoms. The van der Waals surface area contributed by atoms with Gasteiger partial charge in [0.25, 0.3) is 0 Å². The number of hydrogen-bond donors (Lipinski definition) is 0. The SMILES string of the molecule is CC12CCC(C=CC1Cl)C2. The second kappa shape index (κ2) is 2.01. The fourth-order valence-corrected chi connectivity index (χ4v) is 2.50. The highest BCUT2D eigenvalue weighted by Gasteiger charge is 2.41. The Kier molecular flexibility index (Phi) is 1.35. The molecule has 0 amide bonds. The number of rotatable bonds is 0. The van der Waals surface area contributed by atoms with E-state index in [4.69, 9.17) is 11.6 Å². The van der Waals surface area contributed by atoms with Crippen LogP contribution in [0.2, 0.25) is 0 Å². The van der Waals surface area contributed by atoms with Gasteiger partial charge in [0.2, 0.25) is 0 Å². The first-order valence-corrected chi connectivity index (χ1v) is 4.47. The van der Waals surface area contributed by atoms with Crippen LogP contribution in [0.3, 0.4) is 0 Å². The van der Waals surface area contributed by atoms with E-state index in [1.165, 1.54) is 19.3 Å². The second-order valence-electron chi connectivity index (χ2n) is 3.94. The van der Waals surface area contributed by atoms with Crippen LogP contribution in [0.25, 0.3) is 0 Å². The van der Waals surface area contributed by atoms with Crippen LogP contribution in [0.4, 0.5) is 0 Å². The minimum absolute atomic E-state index is 0.297. The van der Waals surface area contributed by atoms with Crippen molar-refractivity contribution in [3.05, 3.63) is 12.2 Å². The maximum absolute atomic E-state index is 6.16. The summed E-state index contributed by atoms with van der Waals surface area (Å²) in [6.45, 7) is 2.31. The highest BCUT2D eigenvalue weighted by molar-refractivity contribution is 6.22. The highest BCUT2D eigenvalue weighted by Crippen LogP contribution is 2.49. The first-order valence-electron chi connectivity index (χ1n) is 4.03. The summed E-state index contributed by atoms with van der Waals surface area (Å²) < 4.78 is 0. The van der Waals surface area contributed by atoms with Gasteiger partial charge in [0, 0.05) is 0 Å². The molecule has 3 unspecified atom stereocenters. The van der Waals surface area contributed by atoms with Gasteiger partial charge in [0.15, 0.2) is 0 Å². The van der Waals surface area contributed by atoms with Crippen molar-refractivity contribution in [2.45, 2.75) is 31.6 Å². The third-order valence-corrected chi connectivity index (χ3v) is 3.71. The van der Waals surface area contributed by atoms with Gasteiger partial charge in [-0.2, -0.15) is 0 Å². The lowest BCUT2D eigenvalue weighted by Crippen LogP contribution is -2.25. The van der Waals surface area contributed by atoms with E-state index in [1.807, 2.05) is 0 Å². The van der Waals surface area contributed by atoms with Crippen LogP contribution in [-0.2, 0) is 0 Å². The molecule has 0 aliphatic heterocycles. The van der Waals surface area contributed by atoms with E-state index in [-0.39, 0.29) is 0 Å². The molecule has 2 rings (SSSR count). The summed E-state index contributed by atoms with van der Waals surface area (Å²) in [6, 6.07) is 0. The molecular formula is C9H13Cl. The molecule has 2 aliphatic rings. The summed E-state index contributed by atoms with van der Waals surface area (Å²) >= 11 is 6.16. The van der Waals surface area contributed by atoms with Gasteiger partial charge >= 0.3 is 0 Å². The van der Waals surface area contributed by atoms with Crippen LogP contribution in [0.5, 0.6) is 0 Å². The summed E-state index contributed by atoms with van der Waals surface area (Å²) in [5.74, 6) is 0.847. The average molecular weight is 157 g/mol. The lowest BCUT2D eigenvalue weighted by molar-refractivity contribution is 0.330. The summed E-state index contributed by atoms with van der Waals surface area (Å²) in [6.07, 6.45) is 8.47. The molecule has 1 heteroatoms. The summed E-state index contributed by atoms with van der Waals surface area (Å²) in [4.78, 5) is 0. The van der Waals surface area contributed by atoms with Crippen molar-refractivity contribution in [1.29, 1.82) is 0 Å². The summed E-state index contributed by atoms with van der Waals surface area (Å²) in [5.41, 5.74) is 0.432. The van der Waals surface area contributed by atoms with Crippen LogP contribution >= 0.6 is 11.6 Å². The molecular weight excluding hydrogens is 144 g/mol. The van der Waals surface area contributed by atoms with Crippen LogP contribution in [0.15, 0.2) is 12.2 Å². The monoisotopic (exact) mass is 156 g/mol. The zero-order valence-electron chi connectivity index (χ0n) is 6.31. The van der Waals surface area contributed by atoms with Crippen molar-refractivity contribution in [3.8, 4) is 0 Å². The minimum atomic E-state index is 0.297. The Hall–Kier alpha value is 0.0300. The number of fused-ring (bicyclic) bond motifs is 2. The van der Waals surface area contributed by atoms with Gasteiger partial charge in [-0.05, 0) is 30.6 Å². The van der Waals surface area contributed by atoms with Crippen LogP contribution in [0, 0.1) is 11.3 Å². The lowest BCUT2D eigenvalue weighted by Gasteiger charge is -2.30. The number of allylic oxidation sites excluding steroid dienone is 2. The van der Waals surface area contributed by atoms with Gasteiger partial charge in [0.05, 0.1) is 5.38 Å². The Morgan fingerprint density at radius 2 is 2.30 bits per heavy atom. The largest absolute Gasteiger partial charge is 0.118 e. The number of halogens is 1. The molecule has 2 aliphatic carbocycles. The van der Waals surface area contributed by atoms with Gasteiger partial charge in [-0.25, -0.2) is 0 Å². The molecule has 0 aromatic rings. The first-order chi connectivity index (χ1) is 4.71.